The maximum Gasteiger partial charge on any atom is 0.0737 e. The van der Waals surface area contributed by atoms with Gasteiger partial charge in [0.2, 0.25) is 0 Å². The predicted octanol–water partition coefficient (Wildman–Crippen LogP) is 24.7. The van der Waals surface area contributed by atoms with Crippen LogP contribution in [-0.4, -0.2) is 19.9 Å². The van der Waals surface area contributed by atoms with Crippen molar-refractivity contribution in [3.05, 3.63) is 166 Å². The van der Waals surface area contributed by atoms with Crippen LogP contribution in [0.4, 0.5) is 0 Å². The van der Waals surface area contributed by atoms with Gasteiger partial charge >= 0.3 is 0 Å². The van der Waals surface area contributed by atoms with Crippen LogP contribution in [0, 0.1) is 0 Å². The molecule has 85 heavy (non-hydrogen) atoms. The molecule has 2 unspecified atom stereocenters. The lowest BCUT2D eigenvalue weighted by Crippen LogP contribution is -2.26. The number of rotatable bonds is 33. The highest BCUT2D eigenvalue weighted by Gasteiger charge is 2.45. The molecule has 444 valence electrons. The fraction of sp³-hybridized carbons (Fsp3) is 0.457. The summed E-state index contributed by atoms with van der Waals surface area (Å²) in [7, 11) is 0. The summed E-state index contributed by atoms with van der Waals surface area (Å²) in [5.74, 6) is 0. The molecule has 4 heteroatoms. The third-order valence-electron chi connectivity index (χ3n) is 20.1. The lowest BCUT2D eigenvalue weighted by molar-refractivity contribution is 0.397. The predicted molar refractivity (Wildman–Crippen MR) is 368 cm³/mol. The molecule has 0 radical (unpaired) electrons. The van der Waals surface area contributed by atoms with Gasteiger partial charge in [0.15, 0.2) is 0 Å². The van der Waals surface area contributed by atoms with Gasteiger partial charge in [-0.15, -0.1) is 0 Å². The van der Waals surface area contributed by atoms with E-state index < -0.39 is 0 Å². The molecule has 3 aromatic heterocycles. The summed E-state index contributed by atoms with van der Waals surface area (Å²) in [6.45, 7) is 9.48. The van der Waals surface area contributed by atoms with Crippen LogP contribution in [0.1, 0.15) is 272 Å². The van der Waals surface area contributed by atoms with Gasteiger partial charge < -0.3 is 9.97 Å². The summed E-state index contributed by atoms with van der Waals surface area (Å²) in [6.07, 6.45) is 49.9. The van der Waals surface area contributed by atoms with E-state index in [2.05, 4.69) is 183 Å². The Labute approximate surface area is 512 Å². The number of hydrogen-bond acceptors (Lipinski definition) is 2. The second-order valence-corrected chi connectivity index (χ2v) is 26.3. The number of nitrogens with one attached hydrogen (secondary N) is 2. The number of hydrogen-bond donors (Lipinski definition) is 2. The molecule has 0 fully saturated rings. The first-order chi connectivity index (χ1) is 41.9. The largest absolute Gasteiger partial charge is 0.355 e. The maximum absolute atomic E-state index is 5.66. The average Bonchev–Trinajstić information content (AvgIpc) is 1.78. The second kappa shape index (κ2) is 29.2. The molecular formula is C81H100N4. The molecule has 0 saturated carbocycles. The maximum atomic E-state index is 5.66. The van der Waals surface area contributed by atoms with Gasteiger partial charge in [0.1, 0.15) is 0 Å². The number of nitrogens with zero attached hydrogens (tertiary/aromatic N) is 2. The molecule has 0 saturated heterocycles. The third-order valence-corrected chi connectivity index (χ3v) is 20.1. The van der Waals surface area contributed by atoms with Gasteiger partial charge in [-0.3, -0.25) is 0 Å². The highest BCUT2D eigenvalue weighted by atomic mass is 14.8. The van der Waals surface area contributed by atoms with Crippen LogP contribution in [0.25, 0.3) is 90.9 Å². The van der Waals surface area contributed by atoms with E-state index in [0.717, 1.165) is 51.3 Å². The summed E-state index contributed by atoms with van der Waals surface area (Å²) >= 11 is 0. The molecule has 11 rings (SSSR count). The fourth-order valence-corrected chi connectivity index (χ4v) is 15.6. The average molecular weight is 1130 g/mol. The van der Waals surface area contributed by atoms with Gasteiger partial charge in [0.05, 0.1) is 22.8 Å². The number of aromatic nitrogens is 4. The van der Waals surface area contributed by atoms with Gasteiger partial charge in [-0.2, -0.15) is 0 Å². The zero-order valence-electron chi connectivity index (χ0n) is 52.7. The topological polar surface area (TPSA) is 57.4 Å². The van der Waals surface area contributed by atoms with Crippen LogP contribution in [0.2, 0.25) is 0 Å². The van der Waals surface area contributed by atoms with E-state index in [0.29, 0.717) is 0 Å². The Kier molecular flexibility index (Phi) is 20.7. The van der Waals surface area contributed by atoms with Crippen LogP contribution < -0.4 is 0 Å². The van der Waals surface area contributed by atoms with Crippen molar-refractivity contribution < 1.29 is 0 Å². The molecular weight excluding hydrogens is 1030 g/mol. The molecule has 2 aliphatic carbocycles. The van der Waals surface area contributed by atoms with Crippen molar-refractivity contribution in [3.63, 3.8) is 0 Å². The van der Waals surface area contributed by atoms with E-state index in [-0.39, 0.29) is 10.8 Å². The molecule has 2 atom stereocenters. The van der Waals surface area contributed by atoms with Crippen LogP contribution in [-0.2, 0) is 10.8 Å². The minimum absolute atomic E-state index is 0.0972. The quantitative estimate of drug-likeness (QED) is 0.0403. The van der Waals surface area contributed by atoms with E-state index in [4.69, 9.17) is 9.97 Å². The van der Waals surface area contributed by atoms with Gasteiger partial charge in [-0.25, -0.2) is 9.97 Å². The molecule has 0 spiro atoms. The Morgan fingerprint density at radius 1 is 0.329 bits per heavy atom. The minimum atomic E-state index is -0.110. The van der Waals surface area contributed by atoms with Crippen LogP contribution in [0.15, 0.2) is 121 Å². The van der Waals surface area contributed by atoms with E-state index >= 15 is 0 Å². The first-order valence-corrected chi connectivity index (χ1v) is 34.5. The van der Waals surface area contributed by atoms with Gasteiger partial charge in [0.25, 0.3) is 0 Å². The normalized spacial score (nSPS) is 16.3. The smallest absolute Gasteiger partial charge is 0.0737 e. The minimum Gasteiger partial charge on any atom is -0.355 e. The Bertz CT molecular complexity index is 3580. The number of fused-ring (bicyclic) bond motifs is 14. The van der Waals surface area contributed by atoms with Crippen LogP contribution in [0.3, 0.4) is 0 Å². The lowest BCUT2D eigenvalue weighted by atomic mass is 9.68. The van der Waals surface area contributed by atoms with Crippen molar-refractivity contribution in [2.24, 2.45) is 0 Å². The van der Waals surface area contributed by atoms with E-state index in [1.54, 1.807) is 0 Å². The zero-order chi connectivity index (χ0) is 58.3. The van der Waals surface area contributed by atoms with Crippen molar-refractivity contribution >= 4 is 46.4 Å². The van der Waals surface area contributed by atoms with Crippen molar-refractivity contribution in [1.82, 2.24) is 19.9 Å². The zero-order valence-corrected chi connectivity index (χ0v) is 52.7. The number of aromatic amines is 2. The molecule has 5 heterocycles. The first kappa shape index (κ1) is 60.2. The summed E-state index contributed by atoms with van der Waals surface area (Å²) in [6, 6.07) is 46.6. The summed E-state index contributed by atoms with van der Waals surface area (Å²) < 4.78 is 0. The summed E-state index contributed by atoms with van der Waals surface area (Å²) in [4.78, 5) is 18.9. The lowest BCUT2D eigenvalue weighted by Gasteiger charge is -2.34. The summed E-state index contributed by atoms with van der Waals surface area (Å²) in [5.41, 5.74) is 24.4. The molecule has 0 amide bonds. The molecule has 4 nitrogen and oxygen atoms in total. The van der Waals surface area contributed by atoms with Crippen molar-refractivity contribution in [3.8, 4) is 44.5 Å². The van der Waals surface area contributed by atoms with Crippen LogP contribution >= 0.6 is 0 Å². The Morgan fingerprint density at radius 2 is 0.765 bits per heavy atom. The Balaban J connectivity index is 0.973. The van der Waals surface area contributed by atoms with Gasteiger partial charge in [0, 0.05) is 44.0 Å². The van der Waals surface area contributed by atoms with Crippen molar-refractivity contribution in [2.75, 3.05) is 0 Å². The molecule has 2 aliphatic heterocycles. The number of H-pyrrole nitrogens is 2. The van der Waals surface area contributed by atoms with Crippen LogP contribution in [0.5, 0.6) is 0 Å². The number of benzene rings is 4. The van der Waals surface area contributed by atoms with E-state index in [1.165, 1.54) is 259 Å². The molecule has 4 aromatic carbocycles. The van der Waals surface area contributed by atoms with Crippen molar-refractivity contribution in [1.29, 1.82) is 0 Å². The highest BCUT2D eigenvalue weighted by Crippen LogP contribution is 2.58. The Hall–Kier alpha value is -6.52. The van der Waals surface area contributed by atoms with E-state index in [1.807, 2.05) is 0 Å². The van der Waals surface area contributed by atoms with E-state index in [9.17, 15) is 0 Å². The third kappa shape index (κ3) is 13.7. The van der Waals surface area contributed by atoms with Gasteiger partial charge in [-0.05, 0) is 136 Å². The molecule has 8 bridgehead atoms. The summed E-state index contributed by atoms with van der Waals surface area (Å²) in [5, 5.41) is 0. The SMILES string of the molecule is CCCCCCCCCCCCCCCCC1(CCCCCCCCCC)c2ccccc2-c2cccc(-c3c4nc(cc5cc(-c6cccc7c6C(C)(CCCCCCCC)c6ccccc6-7)c(cc6nc(cc7ccc3[nH]7)C=C6)[nH]5)C=C4)c21. The van der Waals surface area contributed by atoms with Gasteiger partial charge in [-0.1, -0.05) is 292 Å². The molecule has 7 aromatic rings. The highest BCUT2D eigenvalue weighted by molar-refractivity contribution is 5.98. The second-order valence-electron chi connectivity index (χ2n) is 26.3. The number of unbranched alkanes of at least 4 members (excludes halogenated alkanes) is 25. The first-order valence-electron chi connectivity index (χ1n) is 34.5. The standard InChI is InChI=1S/C81H100N4/c1-5-8-11-14-17-19-20-21-22-23-24-26-29-36-55-81(54-35-28-25-18-15-12-9-6-2)73-46-33-31-40-66(73)68-42-38-44-70(79(68)81)77-74-51-49-61(83-74)56-60-47-48-63(82-60)59-76-71(58-64(85-76)57-62-50-52-75(77)84-62)69-43-37-41-67-65-39-30-32-45-72(65)80(4,78(67)69)53-34-27-16-13-10-7-3/h30-33,37-52,56-59,83,85H,5-29,34-36,53-55H2,1-4H3. The van der Waals surface area contributed by atoms with Crippen molar-refractivity contribution in [2.45, 2.75) is 238 Å². The monoisotopic (exact) mass is 1130 g/mol. The Morgan fingerprint density at radius 3 is 1.36 bits per heavy atom. The molecule has 2 N–H and O–H groups in total. The molecule has 4 aliphatic rings. The fourth-order valence-electron chi connectivity index (χ4n) is 15.6.